The first kappa shape index (κ1) is 34.0. The van der Waals surface area contributed by atoms with Crippen molar-refractivity contribution in [3.8, 4) is 5.75 Å². The Hall–Kier alpha value is -3.88. The van der Waals surface area contributed by atoms with Crippen molar-refractivity contribution in [3.05, 3.63) is 89.2 Å². The van der Waals surface area contributed by atoms with E-state index in [9.17, 15) is 31.5 Å². The summed E-state index contributed by atoms with van der Waals surface area (Å²) >= 11 is 0. The third-order valence-electron chi connectivity index (χ3n) is 7.19. The molecular formula is C31H36F4N4O5S. The molecule has 14 heteroatoms. The lowest BCUT2D eigenvalue weighted by atomic mass is 10.00. The molecule has 9 nitrogen and oxygen atoms in total. The van der Waals surface area contributed by atoms with E-state index < -0.39 is 40.3 Å². The van der Waals surface area contributed by atoms with Crippen LogP contribution in [0.15, 0.2) is 66.7 Å². The number of anilines is 2. The fourth-order valence-electron chi connectivity index (χ4n) is 5.08. The molecule has 1 saturated heterocycles. The van der Waals surface area contributed by atoms with Crippen LogP contribution in [-0.2, 0) is 23.0 Å². The molecule has 1 amide bonds. The molecule has 45 heavy (non-hydrogen) atoms. The SMILES string of the molecule is CCNc1cc(C(=O)N[C@@H](Cc2ccccc2)[C@H](O)CNCc2cccc(OC(F)(F)F)c2)c(F)c(N2CCCCS2(=O)=O)c1. The molecule has 244 valence electrons. The molecule has 1 fully saturated rings. The van der Waals surface area contributed by atoms with Crippen LogP contribution in [0.5, 0.6) is 5.75 Å². The number of carbonyl (C=O) groups is 1. The maximum atomic E-state index is 15.9. The molecule has 3 aromatic carbocycles. The number of ether oxygens (including phenoxy) is 1. The average molecular weight is 653 g/mol. The van der Waals surface area contributed by atoms with Crippen molar-refractivity contribution in [2.45, 2.75) is 51.2 Å². The van der Waals surface area contributed by atoms with E-state index in [0.29, 0.717) is 30.6 Å². The monoisotopic (exact) mass is 652 g/mol. The third-order valence-corrected chi connectivity index (χ3v) is 9.05. The molecule has 2 atom stereocenters. The summed E-state index contributed by atoms with van der Waals surface area (Å²) in [5, 5.41) is 19.8. The number of amides is 1. The van der Waals surface area contributed by atoms with Gasteiger partial charge in [-0.05, 0) is 61.6 Å². The molecule has 0 spiro atoms. The van der Waals surface area contributed by atoms with Gasteiger partial charge in [-0.3, -0.25) is 9.10 Å². The Labute approximate surface area is 259 Å². The van der Waals surface area contributed by atoms with Gasteiger partial charge in [-0.15, -0.1) is 13.2 Å². The standard InChI is InChI=1S/C31H36F4N4O5S/c1-2-37-23-17-25(29(32)27(18-23)39-13-6-7-14-45(39,42)43)30(41)38-26(16-21-9-4-3-5-10-21)28(40)20-36-19-22-11-8-12-24(15-22)44-31(33,34)35/h3-5,8-12,15,17-18,26,28,36-37,40H,2,6-7,13-14,16,19-20H2,1H3,(H,38,41)/t26-,28+/m0/s1. The first-order valence-corrected chi connectivity index (χ1v) is 16.1. The maximum absolute atomic E-state index is 15.9. The number of carbonyl (C=O) groups excluding carboxylic acids is 1. The number of nitrogens with one attached hydrogen (secondary N) is 3. The predicted molar refractivity (Wildman–Crippen MR) is 163 cm³/mol. The Kier molecular flexibility index (Phi) is 11.3. The first-order chi connectivity index (χ1) is 21.4. The summed E-state index contributed by atoms with van der Waals surface area (Å²) in [5.74, 6) is -2.35. The average Bonchev–Trinajstić information content (AvgIpc) is 2.97. The molecule has 3 aromatic rings. The molecule has 0 radical (unpaired) electrons. The van der Waals surface area contributed by atoms with Crippen LogP contribution in [0.1, 0.15) is 41.3 Å². The quantitative estimate of drug-likeness (QED) is 0.200. The molecule has 4 N–H and O–H groups in total. The zero-order chi connectivity index (χ0) is 32.6. The molecule has 1 aliphatic rings. The van der Waals surface area contributed by atoms with Crippen LogP contribution in [0, 0.1) is 5.82 Å². The van der Waals surface area contributed by atoms with E-state index in [1.54, 1.807) is 37.3 Å². The molecular weight excluding hydrogens is 616 g/mol. The van der Waals surface area contributed by atoms with Gasteiger partial charge in [0.05, 0.1) is 29.1 Å². The minimum absolute atomic E-state index is 0.0701. The summed E-state index contributed by atoms with van der Waals surface area (Å²) in [7, 11) is -3.77. The Morgan fingerprint density at radius 1 is 1.04 bits per heavy atom. The maximum Gasteiger partial charge on any atom is 0.573 e. The van der Waals surface area contributed by atoms with Gasteiger partial charge in [-0.1, -0.05) is 42.5 Å². The topological polar surface area (TPSA) is 120 Å². The summed E-state index contributed by atoms with van der Waals surface area (Å²) < 4.78 is 84.2. The molecule has 4 rings (SSSR count). The molecule has 1 aliphatic heterocycles. The second-order valence-corrected chi connectivity index (χ2v) is 12.7. The van der Waals surface area contributed by atoms with Crippen LogP contribution in [0.2, 0.25) is 0 Å². The van der Waals surface area contributed by atoms with Gasteiger partial charge >= 0.3 is 6.36 Å². The van der Waals surface area contributed by atoms with Crippen LogP contribution >= 0.6 is 0 Å². The number of hydrogen-bond acceptors (Lipinski definition) is 7. The van der Waals surface area contributed by atoms with Crippen molar-refractivity contribution in [1.82, 2.24) is 10.6 Å². The van der Waals surface area contributed by atoms with E-state index >= 15 is 4.39 Å². The number of halogens is 4. The summed E-state index contributed by atoms with van der Waals surface area (Å²) in [6, 6.07) is 16.1. The van der Waals surface area contributed by atoms with Gasteiger partial charge in [0.1, 0.15) is 5.75 Å². The number of rotatable bonds is 13. The number of sulfonamides is 1. The minimum atomic E-state index is -4.83. The second-order valence-electron chi connectivity index (χ2n) is 10.6. The highest BCUT2D eigenvalue weighted by atomic mass is 32.2. The molecule has 0 unspecified atom stereocenters. The predicted octanol–water partition coefficient (Wildman–Crippen LogP) is 4.58. The summed E-state index contributed by atoms with van der Waals surface area (Å²) in [6.07, 6.45) is -4.86. The smallest absolute Gasteiger partial charge is 0.406 e. The Balaban J connectivity index is 1.54. The van der Waals surface area contributed by atoms with Crippen molar-refractivity contribution < 1.29 is 40.6 Å². The van der Waals surface area contributed by atoms with E-state index in [-0.39, 0.29) is 48.8 Å². The van der Waals surface area contributed by atoms with Crippen LogP contribution in [0.3, 0.4) is 0 Å². The lowest BCUT2D eigenvalue weighted by molar-refractivity contribution is -0.274. The normalized spacial score (nSPS) is 16.1. The number of nitrogens with zero attached hydrogens (tertiary/aromatic N) is 1. The fourth-order valence-corrected chi connectivity index (χ4v) is 6.71. The van der Waals surface area contributed by atoms with Crippen LogP contribution < -0.4 is 25.0 Å². The summed E-state index contributed by atoms with van der Waals surface area (Å²) in [5.41, 5.74) is 0.995. The molecule has 0 bridgehead atoms. The van der Waals surface area contributed by atoms with Crippen LogP contribution in [0.25, 0.3) is 0 Å². The van der Waals surface area contributed by atoms with Gasteiger partial charge < -0.3 is 25.8 Å². The van der Waals surface area contributed by atoms with Gasteiger partial charge in [0.2, 0.25) is 10.0 Å². The van der Waals surface area contributed by atoms with E-state index in [4.69, 9.17) is 0 Å². The number of alkyl halides is 3. The van der Waals surface area contributed by atoms with Crippen molar-refractivity contribution in [2.75, 3.05) is 35.0 Å². The summed E-state index contributed by atoms with van der Waals surface area (Å²) in [6.45, 7) is 2.34. The van der Waals surface area contributed by atoms with E-state index in [1.807, 2.05) is 6.07 Å². The molecule has 0 aromatic heterocycles. The van der Waals surface area contributed by atoms with Crippen LogP contribution in [-0.4, -0.2) is 63.3 Å². The Morgan fingerprint density at radius 3 is 2.47 bits per heavy atom. The number of aliphatic hydroxyl groups excluding tert-OH is 1. The lowest BCUT2D eigenvalue weighted by Crippen LogP contribution is -2.49. The largest absolute Gasteiger partial charge is 0.573 e. The van der Waals surface area contributed by atoms with Crippen molar-refractivity contribution >= 4 is 27.3 Å². The Morgan fingerprint density at radius 2 is 1.78 bits per heavy atom. The van der Waals surface area contributed by atoms with Gasteiger partial charge in [-0.2, -0.15) is 0 Å². The Bertz CT molecular complexity index is 1560. The second kappa shape index (κ2) is 14.9. The highest BCUT2D eigenvalue weighted by Crippen LogP contribution is 2.32. The van der Waals surface area contributed by atoms with Gasteiger partial charge in [0.15, 0.2) is 5.82 Å². The van der Waals surface area contributed by atoms with Crippen molar-refractivity contribution in [1.29, 1.82) is 0 Å². The molecule has 0 saturated carbocycles. The first-order valence-electron chi connectivity index (χ1n) is 14.5. The third kappa shape index (κ3) is 9.55. The van der Waals surface area contributed by atoms with Gasteiger partial charge in [0, 0.05) is 31.9 Å². The lowest BCUT2D eigenvalue weighted by Gasteiger charge is -2.30. The van der Waals surface area contributed by atoms with Crippen molar-refractivity contribution in [3.63, 3.8) is 0 Å². The fraction of sp³-hybridized carbons (Fsp3) is 0.387. The van der Waals surface area contributed by atoms with E-state index in [2.05, 4.69) is 20.7 Å². The van der Waals surface area contributed by atoms with Crippen molar-refractivity contribution in [2.24, 2.45) is 0 Å². The number of aliphatic hydroxyl groups is 1. The van der Waals surface area contributed by atoms with Crippen LogP contribution in [0.4, 0.5) is 28.9 Å². The number of benzene rings is 3. The molecule has 1 heterocycles. The van der Waals surface area contributed by atoms with Gasteiger partial charge in [0.25, 0.3) is 5.91 Å². The van der Waals surface area contributed by atoms with E-state index in [0.717, 1.165) is 9.87 Å². The summed E-state index contributed by atoms with van der Waals surface area (Å²) in [4.78, 5) is 13.6. The highest BCUT2D eigenvalue weighted by molar-refractivity contribution is 7.92. The zero-order valence-electron chi connectivity index (χ0n) is 24.6. The highest BCUT2D eigenvalue weighted by Gasteiger charge is 2.32. The van der Waals surface area contributed by atoms with Gasteiger partial charge in [-0.25, -0.2) is 12.8 Å². The number of hydrogen-bond donors (Lipinski definition) is 4. The minimum Gasteiger partial charge on any atom is -0.406 e. The zero-order valence-corrected chi connectivity index (χ0v) is 25.4. The van der Waals surface area contributed by atoms with E-state index in [1.165, 1.54) is 30.3 Å². The molecule has 0 aliphatic carbocycles.